The molecule has 0 aliphatic carbocycles. The minimum absolute atomic E-state index is 0.00523. The molecule has 0 aliphatic rings. The number of nitro benzene ring substituents is 2. The predicted molar refractivity (Wildman–Crippen MR) is 75.5 cm³/mol. The van der Waals surface area contributed by atoms with Gasteiger partial charge in [0.1, 0.15) is 0 Å². The van der Waals surface area contributed by atoms with E-state index in [-0.39, 0.29) is 25.2 Å². The molecule has 1 aromatic heterocycles. The molecular weight excluding hydrogens is 335 g/mol. The van der Waals surface area contributed by atoms with Crippen LogP contribution in [0, 0.1) is 20.2 Å². The fourth-order valence-corrected chi connectivity index (χ4v) is 1.97. The number of nitrogens with zero attached hydrogens (tertiary/aromatic N) is 4. The molecule has 12 heteroatoms. The predicted octanol–water partition coefficient (Wildman–Crippen LogP) is 2.83. The van der Waals surface area contributed by atoms with Crippen LogP contribution in [0.15, 0.2) is 30.6 Å². The van der Waals surface area contributed by atoms with Gasteiger partial charge in [-0.25, -0.2) is 0 Å². The Morgan fingerprint density at radius 3 is 2.17 bits per heavy atom. The Hall–Kier alpha value is -3.18. The van der Waals surface area contributed by atoms with Crippen LogP contribution < -0.4 is 5.32 Å². The molecule has 2 aromatic rings. The molecule has 0 atom stereocenters. The van der Waals surface area contributed by atoms with Crippen LogP contribution in [0.3, 0.4) is 0 Å². The summed E-state index contributed by atoms with van der Waals surface area (Å²) in [6.45, 7) is 0.205. The van der Waals surface area contributed by atoms with Gasteiger partial charge in [-0.1, -0.05) is 0 Å². The van der Waals surface area contributed by atoms with Crippen molar-refractivity contribution in [3.8, 4) is 0 Å². The third-order valence-electron chi connectivity index (χ3n) is 3.02. The minimum atomic E-state index is -4.94. The largest absolute Gasteiger partial charge is 0.416 e. The van der Waals surface area contributed by atoms with E-state index < -0.39 is 38.6 Å². The molecule has 0 aliphatic heterocycles. The van der Waals surface area contributed by atoms with Gasteiger partial charge in [0.25, 0.3) is 11.4 Å². The van der Waals surface area contributed by atoms with Crippen LogP contribution in [-0.4, -0.2) is 26.2 Å². The molecule has 0 radical (unpaired) electrons. The summed E-state index contributed by atoms with van der Waals surface area (Å²) in [6, 6.07) is 2.16. The molecule has 9 nitrogen and oxygen atoms in total. The second kappa shape index (κ2) is 6.52. The lowest BCUT2D eigenvalue weighted by Crippen LogP contribution is -2.14. The van der Waals surface area contributed by atoms with Gasteiger partial charge in [0.2, 0.25) is 0 Å². The Labute approximate surface area is 132 Å². The van der Waals surface area contributed by atoms with Gasteiger partial charge in [0.05, 0.1) is 22.0 Å². The number of nitrogens with one attached hydrogen (secondary N) is 1. The Morgan fingerprint density at radius 1 is 1.17 bits per heavy atom. The van der Waals surface area contributed by atoms with Crippen molar-refractivity contribution in [1.29, 1.82) is 0 Å². The molecule has 2 rings (SSSR count). The molecule has 1 N–H and O–H groups in total. The minimum Gasteiger partial charge on any atom is -0.372 e. The molecule has 0 amide bonds. The number of aromatic nitrogens is 2. The van der Waals surface area contributed by atoms with Crippen LogP contribution in [-0.2, 0) is 12.7 Å². The first-order chi connectivity index (χ1) is 11.2. The number of nitro groups is 2. The van der Waals surface area contributed by atoms with Crippen molar-refractivity contribution >= 4 is 17.1 Å². The molecule has 1 aromatic carbocycles. The number of alkyl halides is 3. The van der Waals surface area contributed by atoms with E-state index in [4.69, 9.17) is 0 Å². The van der Waals surface area contributed by atoms with Crippen LogP contribution in [0.25, 0.3) is 0 Å². The molecule has 24 heavy (non-hydrogen) atoms. The first-order valence-electron chi connectivity index (χ1n) is 6.45. The second-order valence-corrected chi connectivity index (χ2v) is 4.60. The first-order valence-corrected chi connectivity index (χ1v) is 6.45. The van der Waals surface area contributed by atoms with Gasteiger partial charge in [0.15, 0.2) is 5.69 Å². The maximum atomic E-state index is 12.8. The summed E-state index contributed by atoms with van der Waals surface area (Å²) in [5, 5.41) is 28.4. The lowest BCUT2D eigenvalue weighted by atomic mass is 10.1. The molecule has 128 valence electrons. The van der Waals surface area contributed by atoms with E-state index in [1.807, 2.05) is 0 Å². The van der Waals surface area contributed by atoms with Gasteiger partial charge >= 0.3 is 6.18 Å². The van der Waals surface area contributed by atoms with Crippen molar-refractivity contribution in [3.05, 3.63) is 56.4 Å². The van der Waals surface area contributed by atoms with Crippen LogP contribution >= 0.6 is 0 Å². The quantitative estimate of drug-likeness (QED) is 0.635. The number of halogens is 3. The van der Waals surface area contributed by atoms with Crippen molar-refractivity contribution in [1.82, 2.24) is 9.78 Å². The Kier molecular flexibility index (Phi) is 4.66. The fraction of sp³-hybridized carbons (Fsp3) is 0.250. The van der Waals surface area contributed by atoms with E-state index in [0.717, 1.165) is 0 Å². The Balaban J connectivity index is 2.39. The summed E-state index contributed by atoms with van der Waals surface area (Å²) < 4.78 is 39.8. The first kappa shape index (κ1) is 17.2. The average molecular weight is 345 g/mol. The second-order valence-electron chi connectivity index (χ2n) is 4.60. The summed E-state index contributed by atoms with van der Waals surface area (Å²) in [4.78, 5) is 19.9. The average Bonchev–Trinajstić information content (AvgIpc) is 2.98. The number of hydrogen-bond acceptors (Lipinski definition) is 6. The van der Waals surface area contributed by atoms with Crippen molar-refractivity contribution in [3.63, 3.8) is 0 Å². The highest BCUT2D eigenvalue weighted by Crippen LogP contribution is 2.41. The number of anilines is 1. The zero-order valence-corrected chi connectivity index (χ0v) is 11.9. The van der Waals surface area contributed by atoms with Gasteiger partial charge in [-0.15, -0.1) is 0 Å². The summed E-state index contributed by atoms with van der Waals surface area (Å²) in [5.74, 6) is 0. The van der Waals surface area contributed by atoms with Gasteiger partial charge in [-0.3, -0.25) is 24.9 Å². The van der Waals surface area contributed by atoms with Crippen molar-refractivity contribution < 1.29 is 23.0 Å². The Bertz CT molecular complexity index is 726. The lowest BCUT2D eigenvalue weighted by Gasteiger charge is -2.11. The molecule has 0 fully saturated rings. The van der Waals surface area contributed by atoms with Gasteiger partial charge in [-0.2, -0.15) is 18.3 Å². The highest BCUT2D eigenvalue weighted by atomic mass is 19.4. The van der Waals surface area contributed by atoms with Crippen molar-refractivity contribution in [2.45, 2.75) is 12.7 Å². The van der Waals surface area contributed by atoms with Crippen LogP contribution in [0.1, 0.15) is 5.56 Å². The van der Waals surface area contributed by atoms with E-state index in [9.17, 15) is 33.4 Å². The lowest BCUT2D eigenvalue weighted by molar-refractivity contribution is -0.392. The molecular formula is C12H10F3N5O4. The van der Waals surface area contributed by atoms with Crippen LogP contribution in [0.5, 0.6) is 0 Å². The molecule has 0 saturated heterocycles. The third-order valence-corrected chi connectivity index (χ3v) is 3.02. The fourth-order valence-electron chi connectivity index (χ4n) is 1.97. The molecule has 0 unspecified atom stereocenters. The maximum Gasteiger partial charge on any atom is 0.416 e. The van der Waals surface area contributed by atoms with Crippen LogP contribution in [0.2, 0.25) is 0 Å². The van der Waals surface area contributed by atoms with E-state index in [2.05, 4.69) is 10.4 Å². The van der Waals surface area contributed by atoms with E-state index >= 15 is 0 Å². The Morgan fingerprint density at radius 2 is 1.75 bits per heavy atom. The van der Waals surface area contributed by atoms with Gasteiger partial charge < -0.3 is 5.32 Å². The third kappa shape index (κ3) is 3.77. The van der Waals surface area contributed by atoms with Gasteiger partial charge in [0, 0.05) is 31.1 Å². The maximum absolute atomic E-state index is 12.8. The highest BCUT2D eigenvalue weighted by molar-refractivity contribution is 5.75. The summed E-state index contributed by atoms with van der Waals surface area (Å²) >= 11 is 0. The number of rotatable bonds is 6. The smallest absolute Gasteiger partial charge is 0.372 e. The normalized spacial score (nSPS) is 11.3. The van der Waals surface area contributed by atoms with Crippen molar-refractivity contribution in [2.75, 3.05) is 11.9 Å². The standard InChI is InChI=1S/C12H10F3N5O4/c13-12(14,15)8-6-9(19(21)22)11(10(7-8)20(23)24)16-3-5-18-4-1-2-17-18/h1-2,4,6-7,16H,3,5H2. The SMILES string of the molecule is O=[N+]([O-])c1cc(C(F)(F)F)cc([N+](=O)[O-])c1NCCn1cccn1. The molecule has 0 bridgehead atoms. The zero-order valence-electron chi connectivity index (χ0n) is 11.9. The molecule has 0 saturated carbocycles. The summed E-state index contributed by atoms with van der Waals surface area (Å²) in [6.07, 6.45) is -1.86. The summed E-state index contributed by atoms with van der Waals surface area (Å²) in [5.41, 5.74) is -4.07. The van der Waals surface area contributed by atoms with Crippen LogP contribution in [0.4, 0.5) is 30.2 Å². The van der Waals surface area contributed by atoms with E-state index in [0.29, 0.717) is 0 Å². The zero-order chi connectivity index (χ0) is 17.9. The van der Waals surface area contributed by atoms with Crippen molar-refractivity contribution in [2.24, 2.45) is 0 Å². The van der Waals surface area contributed by atoms with E-state index in [1.165, 1.54) is 10.9 Å². The summed E-state index contributed by atoms with van der Waals surface area (Å²) in [7, 11) is 0. The highest BCUT2D eigenvalue weighted by Gasteiger charge is 2.37. The topological polar surface area (TPSA) is 116 Å². The molecule has 1 heterocycles. The monoisotopic (exact) mass is 345 g/mol. The molecule has 0 spiro atoms. The van der Waals surface area contributed by atoms with E-state index in [1.54, 1.807) is 12.3 Å². The number of benzene rings is 1. The van der Waals surface area contributed by atoms with Gasteiger partial charge in [-0.05, 0) is 6.07 Å². The number of hydrogen-bond donors (Lipinski definition) is 1.